The van der Waals surface area contributed by atoms with Crippen LogP contribution >= 0.6 is 0 Å². The Morgan fingerprint density at radius 2 is 1.44 bits per heavy atom. The molecule has 0 heterocycles. The van der Waals surface area contributed by atoms with E-state index >= 15 is 0 Å². The molecular weight excluding hydrogens is 354 g/mol. The first-order chi connectivity index (χ1) is 12.7. The van der Waals surface area contributed by atoms with E-state index in [1.54, 1.807) is 0 Å². The van der Waals surface area contributed by atoms with Crippen LogP contribution in [0.2, 0.25) is 5.04 Å². The van der Waals surface area contributed by atoms with Gasteiger partial charge in [0.2, 0.25) is 0 Å². The molecule has 0 spiro atoms. The van der Waals surface area contributed by atoms with Gasteiger partial charge in [0.05, 0.1) is 19.6 Å². The maximum Gasteiger partial charge on any atom is 0.307 e. The van der Waals surface area contributed by atoms with Crippen LogP contribution in [0.25, 0.3) is 0 Å². The summed E-state index contributed by atoms with van der Waals surface area (Å²) in [7, 11) is -1.29. The fourth-order valence-corrected chi connectivity index (χ4v) is 8.25. The van der Waals surface area contributed by atoms with E-state index in [4.69, 9.17) is 14.9 Å². The zero-order valence-corrected chi connectivity index (χ0v) is 17.9. The predicted octanol–water partition coefficient (Wildman–Crippen LogP) is 2.84. The van der Waals surface area contributed by atoms with Gasteiger partial charge in [-0.2, -0.15) is 0 Å². The Labute approximate surface area is 163 Å². The second-order valence-electron chi connectivity index (χ2n) is 7.93. The molecular formula is C22H31NO3Si. The number of hydrogen-bond donors (Lipinski definition) is 1. The van der Waals surface area contributed by atoms with Crippen molar-refractivity contribution < 1.29 is 14.0 Å². The number of nitrogens with two attached hydrogens (primary N) is 1. The smallest absolute Gasteiger partial charge is 0.307 e. The van der Waals surface area contributed by atoms with E-state index in [2.05, 4.69) is 45.0 Å². The molecule has 2 atom stereocenters. The van der Waals surface area contributed by atoms with Crippen molar-refractivity contribution in [3.63, 3.8) is 0 Å². The molecule has 4 nitrogen and oxygen atoms in total. The van der Waals surface area contributed by atoms with Crippen molar-refractivity contribution in [1.82, 2.24) is 0 Å². The topological polar surface area (TPSA) is 61.5 Å². The average molecular weight is 386 g/mol. The molecule has 27 heavy (non-hydrogen) atoms. The minimum atomic E-state index is -2.67. The molecule has 2 aromatic carbocycles. The van der Waals surface area contributed by atoms with Gasteiger partial charge in [-0.1, -0.05) is 81.4 Å². The molecule has 146 valence electrons. The third-order valence-electron chi connectivity index (χ3n) is 5.01. The van der Waals surface area contributed by atoms with Crippen molar-refractivity contribution in [3.8, 4) is 0 Å². The number of ether oxygens (including phenoxy) is 1. The largest absolute Gasteiger partial charge is 0.469 e. The molecule has 5 heteroatoms. The highest BCUT2D eigenvalue weighted by atomic mass is 28.4. The van der Waals surface area contributed by atoms with Crippen molar-refractivity contribution in [2.24, 2.45) is 5.73 Å². The number of benzene rings is 2. The van der Waals surface area contributed by atoms with Gasteiger partial charge >= 0.3 is 5.97 Å². The Morgan fingerprint density at radius 3 is 1.81 bits per heavy atom. The Bertz CT molecular complexity index is 689. The standard InChI is InChI=1S/C22H31NO3Si/c1-17(20(23)16-21(24)25-5)26-27(22(2,3)4,18-12-8-6-9-13-18)19-14-10-7-11-15-19/h6-15,17,20H,16,23H2,1-5H3/t17-,20-/m0/s1. The van der Waals surface area contributed by atoms with Crippen LogP contribution in [0, 0.1) is 0 Å². The van der Waals surface area contributed by atoms with Crippen molar-refractivity contribution in [2.45, 2.75) is 51.3 Å². The van der Waals surface area contributed by atoms with E-state index in [-0.39, 0.29) is 23.5 Å². The van der Waals surface area contributed by atoms with Crippen LogP contribution in [0.3, 0.4) is 0 Å². The number of hydrogen-bond acceptors (Lipinski definition) is 4. The first-order valence-corrected chi connectivity index (χ1v) is 11.2. The number of methoxy groups -OCH3 is 1. The number of carbonyl (C=O) groups excluding carboxylic acids is 1. The summed E-state index contributed by atoms with van der Waals surface area (Å²) in [5, 5.41) is 2.26. The number of rotatable bonds is 7. The summed E-state index contributed by atoms with van der Waals surface area (Å²) < 4.78 is 11.7. The summed E-state index contributed by atoms with van der Waals surface area (Å²) in [4.78, 5) is 11.7. The minimum absolute atomic E-state index is 0.130. The third kappa shape index (κ3) is 4.67. The molecule has 2 rings (SSSR count). The average Bonchev–Trinajstić information content (AvgIpc) is 2.66. The quantitative estimate of drug-likeness (QED) is 0.588. The molecule has 0 bridgehead atoms. The molecule has 0 fully saturated rings. The lowest BCUT2D eigenvalue weighted by Crippen LogP contribution is -2.68. The Hall–Kier alpha value is -1.95. The predicted molar refractivity (Wildman–Crippen MR) is 113 cm³/mol. The van der Waals surface area contributed by atoms with Crippen LogP contribution in [0.15, 0.2) is 60.7 Å². The minimum Gasteiger partial charge on any atom is -0.469 e. The lowest BCUT2D eigenvalue weighted by atomic mass is 10.1. The van der Waals surface area contributed by atoms with Crippen LogP contribution in [-0.4, -0.2) is 33.5 Å². The molecule has 0 radical (unpaired) electrons. The van der Waals surface area contributed by atoms with Gasteiger partial charge in [-0.3, -0.25) is 4.79 Å². The molecule has 0 amide bonds. The first-order valence-electron chi connectivity index (χ1n) is 9.33. The number of carbonyl (C=O) groups is 1. The normalized spacial score (nSPS) is 14.4. The molecule has 2 N–H and O–H groups in total. The van der Waals surface area contributed by atoms with Crippen molar-refractivity contribution >= 4 is 24.7 Å². The fourth-order valence-electron chi connectivity index (χ4n) is 3.50. The van der Waals surface area contributed by atoms with Gasteiger partial charge in [0.15, 0.2) is 0 Å². The SMILES string of the molecule is COC(=O)C[C@H](N)[C@H](C)O[Si](c1ccccc1)(c1ccccc1)C(C)(C)C. The van der Waals surface area contributed by atoms with Crippen molar-refractivity contribution in [1.29, 1.82) is 0 Å². The zero-order valence-electron chi connectivity index (χ0n) is 16.9. The highest BCUT2D eigenvalue weighted by Gasteiger charge is 2.51. The van der Waals surface area contributed by atoms with Gasteiger partial charge in [0.1, 0.15) is 0 Å². The summed E-state index contributed by atoms with van der Waals surface area (Å²) in [6, 6.07) is 20.4. The first kappa shape index (κ1) is 21.3. The summed E-state index contributed by atoms with van der Waals surface area (Å²) >= 11 is 0. The molecule has 0 aliphatic carbocycles. The Balaban J connectivity index is 2.54. The lowest BCUT2D eigenvalue weighted by molar-refractivity contribution is -0.141. The van der Waals surface area contributed by atoms with Gasteiger partial charge < -0.3 is 14.9 Å². The van der Waals surface area contributed by atoms with Crippen LogP contribution in [0.1, 0.15) is 34.1 Å². The lowest BCUT2D eigenvalue weighted by Gasteiger charge is -2.45. The van der Waals surface area contributed by atoms with Crippen molar-refractivity contribution in [3.05, 3.63) is 60.7 Å². The van der Waals surface area contributed by atoms with Crippen LogP contribution in [0.4, 0.5) is 0 Å². The van der Waals surface area contributed by atoms with Gasteiger partial charge in [-0.25, -0.2) is 0 Å². The molecule has 2 aromatic rings. The van der Waals surface area contributed by atoms with Gasteiger partial charge in [-0.05, 0) is 22.3 Å². The maximum absolute atomic E-state index is 11.7. The van der Waals surface area contributed by atoms with E-state index < -0.39 is 14.4 Å². The van der Waals surface area contributed by atoms with E-state index in [0.29, 0.717) is 0 Å². The van der Waals surface area contributed by atoms with E-state index in [0.717, 1.165) is 0 Å². The fraction of sp³-hybridized carbons (Fsp3) is 0.409. The monoisotopic (exact) mass is 385 g/mol. The highest BCUT2D eigenvalue weighted by molar-refractivity contribution is 6.99. The molecule has 0 saturated carbocycles. The van der Waals surface area contributed by atoms with Crippen LogP contribution in [-0.2, 0) is 14.0 Å². The summed E-state index contributed by atoms with van der Waals surface area (Å²) in [5.74, 6) is -0.319. The van der Waals surface area contributed by atoms with E-state index in [1.807, 2.05) is 43.3 Å². The second kappa shape index (κ2) is 8.82. The van der Waals surface area contributed by atoms with Gasteiger partial charge in [0, 0.05) is 6.04 Å². The molecule has 0 saturated heterocycles. The maximum atomic E-state index is 11.7. The van der Waals surface area contributed by atoms with Crippen LogP contribution in [0.5, 0.6) is 0 Å². The van der Waals surface area contributed by atoms with Crippen LogP contribution < -0.4 is 16.1 Å². The third-order valence-corrected chi connectivity index (χ3v) is 10.1. The van der Waals surface area contributed by atoms with Gasteiger partial charge in [-0.15, -0.1) is 0 Å². The summed E-state index contributed by atoms with van der Waals surface area (Å²) in [6.45, 7) is 8.61. The molecule has 0 aliphatic heterocycles. The molecule has 0 unspecified atom stereocenters. The Kier molecular flexibility index (Phi) is 6.98. The Morgan fingerprint density at radius 1 is 1.00 bits per heavy atom. The summed E-state index contributed by atoms with van der Waals surface area (Å²) in [5.41, 5.74) is 6.30. The molecule has 0 aliphatic rings. The highest BCUT2D eigenvalue weighted by Crippen LogP contribution is 2.37. The van der Waals surface area contributed by atoms with E-state index in [9.17, 15) is 4.79 Å². The van der Waals surface area contributed by atoms with Crippen molar-refractivity contribution in [2.75, 3.05) is 7.11 Å². The van der Waals surface area contributed by atoms with Gasteiger partial charge in [0.25, 0.3) is 8.32 Å². The molecule has 0 aromatic heterocycles. The van der Waals surface area contributed by atoms with E-state index in [1.165, 1.54) is 17.5 Å². The zero-order chi connectivity index (χ0) is 20.1. The number of esters is 1. The summed E-state index contributed by atoms with van der Waals surface area (Å²) in [6.07, 6.45) is -0.161. The second-order valence-corrected chi connectivity index (χ2v) is 12.2.